The van der Waals surface area contributed by atoms with Gasteiger partial charge in [0.05, 0.1) is 10.6 Å². The van der Waals surface area contributed by atoms with Crippen LogP contribution in [0.4, 0.5) is 0 Å². The summed E-state index contributed by atoms with van der Waals surface area (Å²) in [6.45, 7) is 9.94. The van der Waals surface area contributed by atoms with E-state index >= 15 is 0 Å². The molecule has 0 unspecified atom stereocenters. The molecule has 0 fully saturated rings. The topological polar surface area (TPSA) is 50.8 Å². The van der Waals surface area contributed by atoms with Gasteiger partial charge in [-0.1, -0.05) is 0 Å². The van der Waals surface area contributed by atoms with Crippen molar-refractivity contribution >= 4 is 30.7 Å². The van der Waals surface area contributed by atoms with Crippen molar-refractivity contribution in [2.45, 2.75) is 34.6 Å². The highest BCUT2D eigenvalue weighted by Gasteiger charge is 2.22. The summed E-state index contributed by atoms with van der Waals surface area (Å²) in [5, 5.41) is 14.1. The van der Waals surface area contributed by atoms with Crippen LogP contribution in [0.15, 0.2) is 0 Å². The van der Waals surface area contributed by atoms with Crippen molar-refractivity contribution in [3.05, 3.63) is 37.8 Å². The predicted octanol–water partition coefficient (Wildman–Crippen LogP) is 3.52. The summed E-state index contributed by atoms with van der Waals surface area (Å²) in [7, 11) is 7.38. The molecule has 0 aliphatic rings. The maximum atomic E-state index is 9.69. The molecule has 2 heterocycles. The number of allylic oxidation sites excluding steroid dienone is 1. The first-order valence-corrected chi connectivity index (χ1v) is 7.73. The fraction of sp³-hybridized carbons (Fsp3) is 0.375. The van der Waals surface area contributed by atoms with Gasteiger partial charge in [-0.25, -0.2) is 0 Å². The van der Waals surface area contributed by atoms with E-state index in [1.807, 2.05) is 27.8 Å². The maximum Gasteiger partial charge on any atom is 0.374 e. The molecule has 2 aromatic heterocycles. The number of nitriles is 1. The van der Waals surface area contributed by atoms with Crippen LogP contribution in [0.3, 0.4) is 0 Å². The summed E-state index contributed by atoms with van der Waals surface area (Å²) in [6.07, 6.45) is 0. The number of hydrogen-bond donors (Lipinski definition) is 0. The highest BCUT2D eigenvalue weighted by atomic mass is 32.1. The van der Waals surface area contributed by atoms with Crippen LogP contribution >= 0.6 is 11.3 Å². The number of rotatable bonds is 3. The van der Waals surface area contributed by atoms with E-state index in [0.29, 0.717) is 11.3 Å². The van der Waals surface area contributed by atoms with Crippen LogP contribution in [0.2, 0.25) is 0 Å². The van der Waals surface area contributed by atoms with Gasteiger partial charge in [-0.05, 0) is 45.7 Å². The molecule has 2 aromatic rings. The zero-order valence-corrected chi connectivity index (χ0v) is 14.6. The lowest BCUT2D eigenvalue weighted by atomic mass is 10.0. The molecule has 0 saturated carbocycles. The van der Waals surface area contributed by atoms with Crippen LogP contribution in [0.25, 0.3) is 11.3 Å². The Morgan fingerprint density at radius 3 is 2.23 bits per heavy atom. The Morgan fingerprint density at radius 1 is 1.23 bits per heavy atom. The smallest absolute Gasteiger partial charge is 0.374 e. The van der Waals surface area contributed by atoms with Crippen molar-refractivity contribution in [3.63, 3.8) is 0 Å². The third-order valence-corrected chi connectivity index (χ3v) is 5.42. The van der Waals surface area contributed by atoms with E-state index in [1.54, 1.807) is 16.0 Å². The van der Waals surface area contributed by atoms with Crippen LogP contribution in [-0.4, -0.2) is 17.8 Å². The largest absolute Gasteiger partial charge is 0.566 e. The molecule has 2 radical (unpaired) electrons. The molecule has 0 aromatic carbocycles. The van der Waals surface area contributed by atoms with Crippen LogP contribution in [0, 0.1) is 45.9 Å². The summed E-state index contributed by atoms with van der Waals surface area (Å²) < 4.78 is 6.90. The lowest BCUT2D eigenvalue weighted by Crippen LogP contribution is -1.97. The van der Waals surface area contributed by atoms with E-state index in [2.05, 4.69) is 25.0 Å². The Balaban J connectivity index is 2.80. The average Bonchev–Trinajstić information content (AvgIpc) is 2.88. The molecular formula is C16H18BN3OS. The normalized spacial score (nSPS) is 12.0. The Morgan fingerprint density at radius 2 is 1.86 bits per heavy atom. The monoisotopic (exact) mass is 311 g/mol. The molecule has 22 heavy (non-hydrogen) atoms. The summed E-state index contributed by atoms with van der Waals surface area (Å²) in [6, 6.07) is 2.25. The van der Waals surface area contributed by atoms with E-state index in [1.165, 1.54) is 10.4 Å². The van der Waals surface area contributed by atoms with Crippen molar-refractivity contribution in [3.8, 4) is 6.07 Å². The van der Waals surface area contributed by atoms with Crippen LogP contribution < -0.4 is 0 Å². The number of aryl methyl sites for hydroxylation is 3. The molecule has 6 heteroatoms. The van der Waals surface area contributed by atoms with Gasteiger partial charge in [-0.2, -0.15) is 10.4 Å². The lowest BCUT2D eigenvalue weighted by Gasteiger charge is -2.10. The lowest BCUT2D eigenvalue weighted by molar-refractivity contribution is 0.576. The zero-order chi connectivity index (χ0) is 16.6. The second kappa shape index (κ2) is 6.01. The number of nitrogens with zero attached hydrogens (tertiary/aromatic N) is 3. The summed E-state index contributed by atoms with van der Waals surface area (Å²) in [4.78, 5) is 2.09. The Labute approximate surface area is 136 Å². The molecule has 4 nitrogen and oxygen atoms in total. The van der Waals surface area contributed by atoms with Crippen LogP contribution in [-0.2, 0) is 11.7 Å². The first-order chi connectivity index (χ1) is 10.3. The Kier molecular flexibility index (Phi) is 4.48. The van der Waals surface area contributed by atoms with Gasteiger partial charge in [0.2, 0.25) is 0 Å². The minimum Gasteiger partial charge on any atom is -0.566 e. The second-order valence-electron chi connectivity index (χ2n) is 5.34. The van der Waals surface area contributed by atoms with Crippen LogP contribution in [0.1, 0.15) is 37.8 Å². The second-order valence-corrected chi connectivity index (χ2v) is 6.57. The maximum absolute atomic E-state index is 9.69. The molecule has 2 rings (SSSR count). The van der Waals surface area contributed by atoms with Gasteiger partial charge in [-0.3, -0.25) is 4.68 Å². The van der Waals surface area contributed by atoms with Gasteiger partial charge >= 0.3 is 8.05 Å². The molecule has 0 saturated heterocycles. The standard InChI is InChI=1S/C16H18BN3OS/c1-8-9(2)16(22-12(8)5)15(21-17)13(7-18)14-10(3)19-20(6)11(14)4/h1-6H3. The van der Waals surface area contributed by atoms with E-state index < -0.39 is 0 Å². The number of thiophene rings is 1. The number of aromatic nitrogens is 2. The minimum atomic E-state index is 0.417. The first-order valence-electron chi connectivity index (χ1n) is 6.92. The molecule has 0 N–H and O–H groups in total. The fourth-order valence-corrected chi connectivity index (χ4v) is 3.70. The van der Waals surface area contributed by atoms with Gasteiger partial charge < -0.3 is 4.65 Å². The third-order valence-electron chi connectivity index (χ3n) is 4.11. The Hall–Kier alpha value is -2.00. The van der Waals surface area contributed by atoms with Gasteiger partial charge in [0.15, 0.2) is 0 Å². The quantitative estimate of drug-likeness (QED) is 0.495. The summed E-state index contributed by atoms with van der Waals surface area (Å²) >= 11 is 1.59. The van der Waals surface area contributed by atoms with Gasteiger partial charge in [0.1, 0.15) is 17.4 Å². The van der Waals surface area contributed by atoms with Gasteiger partial charge in [0.25, 0.3) is 0 Å². The predicted molar refractivity (Wildman–Crippen MR) is 90.5 cm³/mol. The zero-order valence-electron chi connectivity index (χ0n) is 13.7. The van der Waals surface area contributed by atoms with Crippen molar-refractivity contribution in [2.24, 2.45) is 7.05 Å². The highest BCUT2D eigenvalue weighted by molar-refractivity contribution is 7.13. The highest BCUT2D eigenvalue weighted by Crippen LogP contribution is 2.37. The molecule has 0 bridgehead atoms. The van der Waals surface area contributed by atoms with Crippen LogP contribution in [0.5, 0.6) is 0 Å². The van der Waals surface area contributed by atoms with Crippen molar-refractivity contribution in [2.75, 3.05) is 0 Å². The van der Waals surface area contributed by atoms with E-state index in [4.69, 9.17) is 12.7 Å². The molecule has 112 valence electrons. The third kappa shape index (κ3) is 2.46. The molecule has 0 spiro atoms. The molecule has 0 atom stereocenters. The Bertz CT molecular complexity index is 808. The SMILES string of the molecule is [B]OC(=C(C#N)c1c(C)nn(C)c1C)c1sc(C)c(C)c1C. The molecule has 0 amide bonds. The molecule has 0 aliphatic carbocycles. The van der Waals surface area contributed by atoms with E-state index in [0.717, 1.165) is 27.4 Å². The summed E-state index contributed by atoms with van der Waals surface area (Å²) in [5.41, 5.74) is 5.20. The first kappa shape index (κ1) is 16.4. The minimum absolute atomic E-state index is 0.417. The molecular weight excluding hydrogens is 293 g/mol. The van der Waals surface area contributed by atoms with Gasteiger partial charge in [-0.15, -0.1) is 11.3 Å². The summed E-state index contributed by atoms with van der Waals surface area (Å²) in [5.74, 6) is 0.417. The van der Waals surface area contributed by atoms with Crippen molar-refractivity contribution < 1.29 is 4.65 Å². The average molecular weight is 311 g/mol. The van der Waals surface area contributed by atoms with E-state index in [9.17, 15) is 5.26 Å². The molecule has 0 aliphatic heterocycles. The van der Waals surface area contributed by atoms with Gasteiger partial charge in [0, 0.05) is 23.2 Å². The van der Waals surface area contributed by atoms with E-state index in [-0.39, 0.29) is 0 Å². The van der Waals surface area contributed by atoms with Crippen molar-refractivity contribution in [1.82, 2.24) is 9.78 Å². The number of hydrogen-bond acceptors (Lipinski definition) is 4. The van der Waals surface area contributed by atoms with Crippen molar-refractivity contribution in [1.29, 1.82) is 5.26 Å². The fourth-order valence-electron chi connectivity index (χ4n) is 2.54.